The average molecular weight is 261 g/mol. The molecule has 2 aliphatic heterocycles. The van der Waals surface area contributed by atoms with Gasteiger partial charge in [0.25, 0.3) is 0 Å². The van der Waals surface area contributed by atoms with Gasteiger partial charge in [0.1, 0.15) is 0 Å². The van der Waals surface area contributed by atoms with Crippen molar-refractivity contribution >= 4 is 5.69 Å². The van der Waals surface area contributed by atoms with Crippen molar-refractivity contribution in [2.75, 3.05) is 45.1 Å². The van der Waals surface area contributed by atoms with Crippen LogP contribution in [0, 0.1) is 0 Å². The first-order valence-corrected chi connectivity index (χ1v) is 7.20. The summed E-state index contributed by atoms with van der Waals surface area (Å²) in [6, 6.07) is 8.97. The highest BCUT2D eigenvalue weighted by atomic mass is 16.5. The van der Waals surface area contributed by atoms with Crippen molar-refractivity contribution in [3.63, 3.8) is 0 Å². The van der Waals surface area contributed by atoms with Gasteiger partial charge in [0.2, 0.25) is 0 Å². The third-order valence-electron chi connectivity index (χ3n) is 4.20. The first kappa shape index (κ1) is 12.9. The predicted molar refractivity (Wildman–Crippen MR) is 76.9 cm³/mol. The highest BCUT2D eigenvalue weighted by Gasteiger charge is 2.28. The van der Waals surface area contributed by atoms with Gasteiger partial charge >= 0.3 is 0 Å². The number of likely N-dealkylation sites (tertiary alicyclic amines) is 1. The quantitative estimate of drug-likeness (QED) is 0.830. The Hall–Kier alpha value is -1.10. The number of nitrogens with zero attached hydrogens (tertiary/aromatic N) is 2. The number of hydrogen-bond donors (Lipinski definition) is 1. The van der Waals surface area contributed by atoms with Crippen molar-refractivity contribution < 1.29 is 4.74 Å². The predicted octanol–water partition coefficient (Wildman–Crippen LogP) is 1.18. The van der Waals surface area contributed by atoms with Gasteiger partial charge in [0.05, 0.1) is 13.2 Å². The summed E-state index contributed by atoms with van der Waals surface area (Å²) in [5.41, 5.74) is 7.92. The van der Waals surface area contributed by atoms with E-state index in [1.165, 1.54) is 25.1 Å². The van der Waals surface area contributed by atoms with Crippen molar-refractivity contribution in [1.29, 1.82) is 0 Å². The fourth-order valence-electron chi connectivity index (χ4n) is 3.08. The number of nitrogens with two attached hydrogens (primary N) is 1. The molecule has 2 saturated heterocycles. The maximum absolute atomic E-state index is 5.72. The molecule has 1 aromatic carbocycles. The molecule has 4 nitrogen and oxygen atoms in total. The number of ether oxygens (including phenoxy) is 1. The van der Waals surface area contributed by atoms with Crippen molar-refractivity contribution in [2.24, 2.45) is 0 Å². The highest BCUT2D eigenvalue weighted by Crippen LogP contribution is 2.19. The summed E-state index contributed by atoms with van der Waals surface area (Å²) in [6.45, 7) is 7.42. The van der Waals surface area contributed by atoms with Crippen molar-refractivity contribution in [3.05, 3.63) is 29.8 Å². The third kappa shape index (κ3) is 3.26. The van der Waals surface area contributed by atoms with E-state index in [2.05, 4.69) is 21.9 Å². The lowest BCUT2D eigenvalue weighted by Crippen LogP contribution is -2.44. The van der Waals surface area contributed by atoms with Crippen LogP contribution in [0.25, 0.3) is 0 Å². The normalized spacial score (nSPS) is 25.8. The molecule has 0 amide bonds. The van der Waals surface area contributed by atoms with Crippen LogP contribution in [0.1, 0.15) is 12.0 Å². The summed E-state index contributed by atoms with van der Waals surface area (Å²) in [5, 5.41) is 0. The Labute approximate surface area is 115 Å². The van der Waals surface area contributed by atoms with Crippen LogP contribution in [0.4, 0.5) is 5.69 Å². The summed E-state index contributed by atoms with van der Waals surface area (Å²) >= 11 is 0. The Morgan fingerprint density at radius 2 is 1.84 bits per heavy atom. The number of benzene rings is 1. The van der Waals surface area contributed by atoms with Gasteiger partial charge in [-0.15, -0.1) is 0 Å². The van der Waals surface area contributed by atoms with Crippen molar-refractivity contribution in [2.45, 2.75) is 19.0 Å². The van der Waals surface area contributed by atoms with Crippen LogP contribution in [-0.4, -0.2) is 55.2 Å². The summed E-state index contributed by atoms with van der Waals surface area (Å²) < 4.78 is 5.43. The number of nitrogen functional groups attached to an aromatic ring is 1. The maximum Gasteiger partial charge on any atom is 0.0594 e. The van der Waals surface area contributed by atoms with Gasteiger partial charge in [-0.1, -0.05) is 12.1 Å². The molecule has 0 bridgehead atoms. The zero-order valence-electron chi connectivity index (χ0n) is 11.4. The summed E-state index contributed by atoms with van der Waals surface area (Å²) in [7, 11) is 0. The molecular weight excluding hydrogens is 238 g/mol. The van der Waals surface area contributed by atoms with Gasteiger partial charge < -0.3 is 10.5 Å². The lowest BCUT2D eigenvalue weighted by atomic mass is 10.2. The Morgan fingerprint density at radius 3 is 2.58 bits per heavy atom. The van der Waals surface area contributed by atoms with E-state index in [1.54, 1.807) is 0 Å². The van der Waals surface area contributed by atoms with E-state index >= 15 is 0 Å². The molecule has 104 valence electrons. The van der Waals surface area contributed by atoms with Gasteiger partial charge in [-0.3, -0.25) is 9.80 Å². The van der Waals surface area contributed by atoms with E-state index in [-0.39, 0.29) is 0 Å². The van der Waals surface area contributed by atoms with E-state index < -0.39 is 0 Å². The van der Waals surface area contributed by atoms with Crippen LogP contribution in [-0.2, 0) is 11.3 Å². The first-order valence-electron chi connectivity index (χ1n) is 7.20. The van der Waals surface area contributed by atoms with Gasteiger partial charge in [-0.05, 0) is 24.1 Å². The summed E-state index contributed by atoms with van der Waals surface area (Å²) in [6.07, 6.45) is 1.29. The molecule has 0 radical (unpaired) electrons. The minimum atomic E-state index is 0.720. The monoisotopic (exact) mass is 261 g/mol. The molecule has 19 heavy (non-hydrogen) atoms. The summed E-state index contributed by atoms with van der Waals surface area (Å²) in [5.74, 6) is 0. The van der Waals surface area contributed by atoms with Gasteiger partial charge in [0.15, 0.2) is 0 Å². The fraction of sp³-hybridized carbons (Fsp3) is 0.600. The molecule has 1 atom stereocenters. The Morgan fingerprint density at radius 1 is 1.11 bits per heavy atom. The van der Waals surface area contributed by atoms with Crippen molar-refractivity contribution in [3.8, 4) is 0 Å². The first-order chi connectivity index (χ1) is 9.31. The SMILES string of the molecule is Nc1ccc(CN2CCC(N3CCOCC3)C2)cc1. The fourth-order valence-corrected chi connectivity index (χ4v) is 3.08. The zero-order valence-corrected chi connectivity index (χ0v) is 11.4. The standard InChI is InChI=1S/C15H23N3O/c16-14-3-1-13(2-4-14)11-17-6-5-15(12-17)18-7-9-19-10-8-18/h1-4,15H,5-12,16H2. The maximum atomic E-state index is 5.72. The largest absolute Gasteiger partial charge is 0.399 e. The van der Waals surface area contributed by atoms with Crippen LogP contribution in [0.15, 0.2) is 24.3 Å². The molecule has 2 heterocycles. The Balaban J connectivity index is 1.52. The Bertz CT molecular complexity index is 400. The second-order valence-electron chi connectivity index (χ2n) is 5.57. The van der Waals surface area contributed by atoms with E-state index in [4.69, 9.17) is 10.5 Å². The van der Waals surface area contributed by atoms with Gasteiger partial charge in [0, 0.05) is 44.5 Å². The lowest BCUT2D eigenvalue weighted by molar-refractivity contribution is 0.0184. The average Bonchev–Trinajstić information content (AvgIpc) is 2.91. The number of rotatable bonds is 3. The molecule has 4 heteroatoms. The molecule has 2 fully saturated rings. The van der Waals surface area contributed by atoms with Crippen LogP contribution in [0.2, 0.25) is 0 Å². The topological polar surface area (TPSA) is 41.7 Å². The van der Waals surface area contributed by atoms with Crippen LogP contribution in [0.3, 0.4) is 0 Å². The Kier molecular flexibility index (Phi) is 4.01. The number of morpholine rings is 1. The van der Waals surface area contributed by atoms with Crippen molar-refractivity contribution in [1.82, 2.24) is 9.80 Å². The molecule has 1 aromatic rings. The molecule has 0 saturated carbocycles. The van der Waals surface area contributed by atoms with Crippen LogP contribution < -0.4 is 5.73 Å². The van der Waals surface area contributed by atoms with Crippen LogP contribution >= 0.6 is 0 Å². The minimum Gasteiger partial charge on any atom is -0.399 e. The minimum absolute atomic E-state index is 0.720. The second-order valence-corrected chi connectivity index (χ2v) is 5.57. The van der Waals surface area contributed by atoms with E-state index in [0.29, 0.717) is 0 Å². The second kappa shape index (κ2) is 5.90. The molecule has 0 aromatic heterocycles. The van der Waals surface area contributed by atoms with E-state index in [9.17, 15) is 0 Å². The highest BCUT2D eigenvalue weighted by molar-refractivity contribution is 5.39. The summed E-state index contributed by atoms with van der Waals surface area (Å²) in [4.78, 5) is 5.14. The molecule has 1 unspecified atom stereocenters. The molecule has 2 N–H and O–H groups in total. The lowest BCUT2D eigenvalue weighted by Gasteiger charge is -2.32. The molecular formula is C15H23N3O. The van der Waals surface area contributed by atoms with E-state index in [1.807, 2.05) is 12.1 Å². The molecule has 2 aliphatic rings. The molecule has 3 rings (SSSR count). The van der Waals surface area contributed by atoms with E-state index in [0.717, 1.165) is 44.6 Å². The third-order valence-corrected chi connectivity index (χ3v) is 4.20. The smallest absolute Gasteiger partial charge is 0.0594 e. The number of hydrogen-bond acceptors (Lipinski definition) is 4. The number of anilines is 1. The zero-order chi connectivity index (χ0) is 13.1. The van der Waals surface area contributed by atoms with Crippen LogP contribution in [0.5, 0.6) is 0 Å². The van der Waals surface area contributed by atoms with Gasteiger partial charge in [-0.25, -0.2) is 0 Å². The molecule has 0 spiro atoms. The molecule has 0 aliphatic carbocycles. The van der Waals surface area contributed by atoms with Gasteiger partial charge in [-0.2, -0.15) is 0 Å².